The summed E-state index contributed by atoms with van der Waals surface area (Å²) < 4.78 is 57.6. The van der Waals surface area contributed by atoms with Gasteiger partial charge in [-0.25, -0.2) is 16.5 Å². The largest absolute Gasteiger partial charge is 0.354 e. The molecule has 1 saturated heterocycles. The highest BCUT2D eigenvalue weighted by atomic mass is 16.2. The van der Waals surface area contributed by atoms with Crippen molar-refractivity contribution in [1.29, 1.82) is 0 Å². The van der Waals surface area contributed by atoms with Crippen LogP contribution in [-0.4, -0.2) is 58.4 Å². The fraction of sp³-hybridized carbons (Fsp3) is 0.500. The van der Waals surface area contributed by atoms with Crippen molar-refractivity contribution in [3.05, 3.63) is 30.0 Å². The maximum Gasteiger partial charge on any atom is 0.302 e. The predicted molar refractivity (Wildman–Crippen MR) is 87.9 cm³/mol. The highest BCUT2D eigenvalue weighted by molar-refractivity contribution is 5.87. The number of likely N-dealkylation sites (N-methyl/N-ethyl adjacent to an activating group) is 1. The average Bonchev–Trinajstić information content (AvgIpc) is 2.97. The molecular weight excluding hydrogens is 292 g/mol. The van der Waals surface area contributed by atoms with Crippen LogP contribution in [0.15, 0.2) is 18.5 Å². The van der Waals surface area contributed by atoms with Crippen molar-refractivity contribution < 1.29 is 14.4 Å². The van der Waals surface area contributed by atoms with Gasteiger partial charge in [-0.05, 0) is 18.4 Å². The van der Waals surface area contributed by atoms with Gasteiger partial charge in [0, 0.05) is 30.3 Å². The van der Waals surface area contributed by atoms with Crippen LogP contribution in [0.5, 0.6) is 0 Å². The van der Waals surface area contributed by atoms with Crippen molar-refractivity contribution in [2.75, 3.05) is 31.5 Å². The number of likely N-dealkylation sites (tertiary alicyclic amines) is 1. The van der Waals surface area contributed by atoms with E-state index in [1.165, 1.54) is 6.20 Å². The third-order valence-corrected chi connectivity index (χ3v) is 3.86. The fourth-order valence-electron chi connectivity index (χ4n) is 2.56. The van der Waals surface area contributed by atoms with Gasteiger partial charge in [-0.1, -0.05) is 6.92 Å². The van der Waals surface area contributed by atoms with Gasteiger partial charge in [0.2, 0.25) is 0 Å². The molecule has 0 aliphatic carbocycles. The number of piperidine rings is 1. The fourth-order valence-corrected chi connectivity index (χ4v) is 2.56. The van der Waals surface area contributed by atoms with Crippen LogP contribution in [0, 0.1) is 12.5 Å². The number of nitrogens with one attached hydrogen (secondary N) is 1. The zero-order chi connectivity index (χ0) is 22.4. The number of aromatic amines is 1. The van der Waals surface area contributed by atoms with Gasteiger partial charge in [0.05, 0.1) is 15.5 Å². The predicted octanol–water partition coefficient (Wildman–Crippen LogP) is 1.55. The zero-order valence-corrected chi connectivity index (χ0v) is 12.5. The Hall–Kier alpha value is -2.62. The number of aromatic nitrogens is 3. The third kappa shape index (κ3) is 2.84. The lowest BCUT2D eigenvalue weighted by Gasteiger charge is -2.41. The minimum Gasteiger partial charge on any atom is -0.354 e. The molecule has 1 amide bonds. The number of amides is 1. The summed E-state index contributed by atoms with van der Waals surface area (Å²) in [7, 11) is 0. The SMILES string of the molecule is [2H]c1nc(N([C@@H]2[C@H](C)CCN(C(=O)C[N+]#[C-])C2([2H])[2H])C([2H])([2H])[2H])c2c([2H])c[nH]c2n1. The second-order valence-corrected chi connectivity index (χ2v) is 5.38. The van der Waals surface area contributed by atoms with E-state index in [0.717, 1.165) is 9.80 Å². The molecule has 23 heavy (non-hydrogen) atoms. The highest BCUT2D eigenvalue weighted by Crippen LogP contribution is 2.28. The van der Waals surface area contributed by atoms with Crippen molar-refractivity contribution in [3.8, 4) is 0 Å². The summed E-state index contributed by atoms with van der Waals surface area (Å²) in [5, 5.41) is 0.0507. The van der Waals surface area contributed by atoms with Crippen LogP contribution in [0.25, 0.3) is 15.9 Å². The molecule has 1 aliphatic rings. The van der Waals surface area contributed by atoms with Crippen LogP contribution in [-0.2, 0) is 4.79 Å². The number of hydrogen-bond donors (Lipinski definition) is 1. The van der Waals surface area contributed by atoms with Crippen LogP contribution >= 0.6 is 0 Å². The Labute approximate surface area is 145 Å². The molecule has 120 valence electrons. The molecule has 1 fully saturated rings. The average molecular weight is 319 g/mol. The number of carbonyl (C=O) groups excluding carboxylic acids is 1. The van der Waals surface area contributed by atoms with E-state index >= 15 is 0 Å². The van der Waals surface area contributed by atoms with Crippen molar-refractivity contribution in [2.24, 2.45) is 5.92 Å². The molecule has 0 spiro atoms. The number of rotatable bonds is 3. The molecule has 3 rings (SSSR count). The molecule has 2 aromatic heterocycles. The molecule has 2 aromatic rings. The van der Waals surface area contributed by atoms with E-state index in [0.29, 0.717) is 6.42 Å². The maximum atomic E-state index is 12.4. The van der Waals surface area contributed by atoms with Gasteiger partial charge < -0.3 is 19.6 Å². The second-order valence-electron chi connectivity index (χ2n) is 5.38. The summed E-state index contributed by atoms with van der Waals surface area (Å²) >= 11 is 0. The molecule has 0 unspecified atom stereocenters. The van der Waals surface area contributed by atoms with E-state index in [1.54, 1.807) is 6.92 Å². The summed E-state index contributed by atoms with van der Waals surface area (Å²) in [6.45, 7) is 2.75. The third-order valence-electron chi connectivity index (χ3n) is 3.86. The molecule has 0 aromatic carbocycles. The smallest absolute Gasteiger partial charge is 0.302 e. The Balaban J connectivity index is 2.23. The molecule has 3 heterocycles. The van der Waals surface area contributed by atoms with Crippen LogP contribution in [0.2, 0.25) is 0 Å². The molecule has 1 aliphatic heterocycles. The van der Waals surface area contributed by atoms with Crippen molar-refractivity contribution in [1.82, 2.24) is 19.9 Å². The molecule has 7 nitrogen and oxygen atoms in total. The van der Waals surface area contributed by atoms with Gasteiger partial charge in [0.25, 0.3) is 6.54 Å². The van der Waals surface area contributed by atoms with Crippen LogP contribution in [0.3, 0.4) is 0 Å². The summed E-state index contributed by atoms with van der Waals surface area (Å²) in [4.78, 5) is 27.6. The van der Waals surface area contributed by atoms with Gasteiger partial charge >= 0.3 is 5.91 Å². The molecular formula is C16H20N6O. The van der Waals surface area contributed by atoms with E-state index in [9.17, 15) is 4.79 Å². The standard InChI is InChI=1S/C16H20N6O/c1-11-5-7-22(14(23)8-17-2)9-13(11)21(3)16-12-4-6-18-15(12)19-10-20-16/h4,6,10-11,13H,5,7-9H2,1,3H3,(H,18,19,20)/t11-,13+/m1/s1/i3D3,4D,9D2,10D. The van der Waals surface area contributed by atoms with Gasteiger partial charge in [0.15, 0.2) is 0 Å². The first-order chi connectivity index (χ1) is 13.9. The topological polar surface area (TPSA) is 69.5 Å². The molecule has 7 heteroatoms. The summed E-state index contributed by atoms with van der Waals surface area (Å²) in [6.07, 6.45) is 1.10. The van der Waals surface area contributed by atoms with E-state index in [2.05, 4.69) is 19.8 Å². The Morgan fingerprint density at radius 3 is 3.39 bits per heavy atom. The van der Waals surface area contributed by atoms with E-state index < -0.39 is 44.2 Å². The second kappa shape index (κ2) is 6.24. The monoisotopic (exact) mass is 319 g/mol. The van der Waals surface area contributed by atoms with E-state index in [1.807, 2.05) is 0 Å². The Morgan fingerprint density at radius 1 is 1.74 bits per heavy atom. The lowest BCUT2D eigenvalue weighted by molar-refractivity contribution is -0.130. The molecule has 0 saturated carbocycles. The first-order valence-electron chi connectivity index (χ1n) is 10.6. The zero-order valence-electron chi connectivity index (χ0n) is 19.5. The summed E-state index contributed by atoms with van der Waals surface area (Å²) in [6, 6.07) is -1.46. The molecule has 2 atom stereocenters. The Bertz CT molecular complexity index is 1010. The van der Waals surface area contributed by atoms with Crippen LogP contribution < -0.4 is 4.90 Å². The highest BCUT2D eigenvalue weighted by Gasteiger charge is 2.33. The van der Waals surface area contributed by atoms with Gasteiger partial charge in [-0.15, -0.1) is 0 Å². The number of hydrogen-bond acceptors (Lipinski definition) is 4. The number of fused-ring (bicyclic) bond motifs is 1. The van der Waals surface area contributed by atoms with Crippen molar-refractivity contribution >= 4 is 22.8 Å². The summed E-state index contributed by atoms with van der Waals surface area (Å²) in [5.41, 5.74) is 0.0919. The minimum atomic E-state index is -2.89. The number of H-pyrrole nitrogens is 1. The van der Waals surface area contributed by atoms with E-state index in [4.69, 9.17) is 16.2 Å². The Morgan fingerprint density at radius 2 is 2.61 bits per heavy atom. The Kier molecular flexibility index (Phi) is 2.41. The quantitative estimate of drug-likeness (QED) is 0.872. The molecule has 0 radical (unpaired) electrons. The van der Waals surface area contributed by atoms with Crippen LogP contribution in [0.1, 0.15) is 22.9 Å². The lowest BCUT2D eigenvalue weighted by atomic mass is 9.92. The maximum absolute atomic E-state index is 12.4. The normalized spacial score (nSPS) is 28.3. The van der Waals surface area contributed by atoms with Gasteiger partial charge in [-0.3, -0.25) is 4.79 Å². The molecule has 1 N–H and O–H groups in total. The number of carbonyl (C=O) groups is 1. The summed E-state index contributed by atoms with van der Waals surface area (Å²) in [5.74, 6) is -1.50. The number of anilines is 1. The molecule has 0 bridgehead atoms. The van der Waals surface area contributed by atoms with Crippen molar-refractivity contribution in [3.63, 3.8) is 0 Å². The minimum absolute atomic E-state index is 0.0462. The van der Waals surface area contributed by atoms with E-state index in [-0.39, 0.29) is 29.4 Å². The van der Waals surface area contributed by atoms with Crippen LogP contribution in [0.4, 0.5) is 5.82 Å². The first kappa shape index (κ1) is 8.87. The van der Waals surface area contributed by atoms with Gasteiger partial charge in [-0.2, -0.15) is 0 Å². The number of nitrogens with zero attached hydrogens (tertiary/aromatic N) is 5. The van der Waals surface area contributed by atoms with Gasteiger partial charge in [0.1, 0.15) is 19.1 Å². The van der Waals surface area contributed by atoms with Crippen molar-refractivity contribution in [2.45, 2.75) is 19.4 Å². The first-order valence-corrected chi connectivity index (χ1v) is 7.15. The lowest BCUT2D eigenvalue weighted by Crippen LogP contribution is -2.53.